The van der Waals surface area contributed by atoms with Crippen molar-refractivity contribution in [2.45, 2.75) is 31.9 Å². The lowest BCUT2D eigenvalue weighted by molar-refractivity contribution is -0.0350. The summed E-state index contributed by atoms with van der Waals surface area (Å²) in [7, 11) is 1.75. The summed E-state index contributed by atoms with van der Waals surface area (Å²) in [6.45, 7) is 2.98. The highest BCUT2D eigenvalue weighted by atomic mass is 16.5. The molecule has 0 bridgehead atoms. The van der Waals surface area contributed by atoms with Crippen molar-refractivity contribution in [1.29, 1.82) is 0 Å². The first-order valence-corrected chi connectivity index (χ1v) is 11.4. The van der Waals surface area contributed by atoms with Gasteiger partial charge in [0.25, 0.3) is 0 Å². The topological polar surface area (TPSA) is 90.6 Å². The standard InChI is InChI=1S/C26H28N4O3/c1-32-22-14-20-4-2-3-19(20)13-21(22)15-30-11-12-33-23(16-30)25-24(28-9-10-29-25)17-5-7-18(8-6-17)26(27)31/h5-10,13-14,23H,2-4,11-12,15-16H2,1H3,(H2,27,31). The van der Waals surface area contributed by atoms with Crippen LogP contribution in [-0.4, -0.2) is 47.6 Å². The van der Waals surface area contributed by atoms with Crippen LogP contribution in [0.3, 0.4) is 0 Å². The number of aromatic nitrogens is 2. The Morgan fingerprint density at radius 1 is 1.15 bits per heavy atom. The van der Waals surface area contributed by atoms with E-state index in [-0.39, 0.29) is 6.10 Å². The fraction of sp³-hybridized carbons (Fsp3) is 0.346. The number of nitrogens with two attached hydrogens (primary N) is 1. The molecule has 7 heteroatoms. The van der Waals surface area contributed by atoms with E-state index in [0.717, 1.165) is 48.6 Å². The molecule has 33 heavy (non-hydrogen) atoms. The first-order chi connectivity index (χ1) is 16.1. The minimum atomic E-state index is -0.450. The van der Waals surface area contributed by atoms with Crippen LogP contribution >= 0.6 is 0 Å². The molecule has 2 aromatic carbocycles. The van der Waals surface area contributed by atoms with Crippen molar-refractivity contribution in [1.82, 2.24) is 14.9 Å². The molecular weight excluding hydrogens is 416 g/mol. The van der Waals surface area contributed by atoms with Crippen LogP contribution in [0.4, 0.5) is 0 Å². The Balaban J connectivity index is 1.37. The average molecular weight is 445 g/mol. The Morgan fingerprint density at radius 2 is 1.91 bits per heavy atom. The van der Waals surface area contributed by atoms with Crippen molar-refractivity contribution in [3.05, 3.63) is 76.7 Å². The third-order valence-electron chi connectivity index (χ3n) is 6.51. The second kappa shape index (κ2) is 9.29. The highest BCUT2D eigenvalue weighted by Crippen LogP contribution is 2.33. The van der Waals surface area contributed by atoms with Gasteiger partial charge in [0.1, 0.15) is 11.9 Å². The largest absolute Gasteiger partial charge is 0.496 e. The van der Waals surface area contributed by atoms with Crippen LogP contribution in [0.1, 0.15) is 45.3 Å². The molecule has 7 nitrogen and oxygen atoms in total. The lowest BCUT2D eigenvalue weighted by atomic mass is 10.0. The maximum absolute atomic E-state index is 11.4. The van der Waals surface area contributed by atoms with E-state index < -0.39 is 5.91 Å². The van der Waals surface area contributed by atoms with Crippen LogP contribution in [0.2, 0.25) is 0 Å². The van der Waals surface area contributed by atoms with Gasteiger partial charge in [-0.05, 0) is 48.6 Å². The lowest BCUT2D eigenvalue weighted by Crippen LogP contribution is -2.38. The fourth-order valence-electron chi connectivity index (χ4n) is 4.82. The van der Waals surface area contributed by atoms with Gasteiger partial charge in [-0.25, -0.2) is 0 Å². The normalized spacial score (nSPS) is 18.2. The van der Waals surface area contributed by atoms with Crippen LogP contribution in [-0.2, 0) is 24.1 Å². The summed E-state index contributed by atoms with van der Waals surface area (Å²) in [4.78, 5) is 23.0. The summed E-state index contributed by atoms with van der Waals surface area (Å²) in [5.74, 6) is 0.516. The van der Waals surface area contributed by atoms with Gasteiger partial charge >= 0.3 is 0 Å². The number of nitrogens with zero attached hydrogens (tertiary/aromatic N) is 3. The van der Waals surface area contributed by atoms with Crippen molar-refractivity contribution < 1.29 is 14.3 Å². The molecule has 1 aliphatic heterocycles. The van der Waals surface area contributed by atoms with E-state index in [9.17, 15) is 4.79 Å². The van der Waals surface area contributed by atoms with Gasteiger partial charge in [-0.15, -0.1) is 0 Å². The number of ether oxygens (including phenoxy) is 2. The monoisotopic (exact) mass is 444 g/mol. The number of primary amides is 1. The highest BCUT2D eigenvalue weighted by molar-refractivity contribution is 5.93. The Hall–Kier alpha value is -3.29. The smallest absolute Gasteiger partial charge is 0.248 e. The molecule has 2 aliphatic rings. The molecule has 1 aliphatic carbocycles. The van der Waals surface area contributed by atoms with E-state index in [0.29, 0.717) is 18.7 Å². The summed E-state index contributed by atoms with van der Waals surface area (Å²) in [5, 5.41) is 0. The summed E-state index contributed by atoms with van der Waals surface area (Å²) in [6, 6.07) is 11.7. The second-order valence-electron chi connectivity index (χ2n) is 8.61. The minimum absolute atomic E-state index is 0.196. The van der Waals surface area contributed by atoms with E-state index in [1.807, 2.05) is 12.1 Å². The summed E-state index contributed by atoms with van der Waals surface area (Å²) in [5.41, 5.74) is 12.4. The van der Waals surface area contributed by atoms with Gasteiger partial charge < -0.3 is 15.2 Å². The van der Waals surface area contributed by atoms with Gasteiger partial charge in [0.15, 0.2) is 0 Å². The Bertz CT molecular complexity index is 1160. The zero-order chi connectivity index (χ0) is 22.8. The van der Waals surface area contributed by atoms with Crippen LogP contribution in [0, 0.1) is 0 Å². The first-order valence-electron chi connectivity index (χ1n) is 11.4. The molecule has 1 aromatic heterocycles. The quantitative estimate of drug-likeness (QED) is 0.627. The third kappa shape index (κ3) is 4.47. The number of fused-ring (bicyclic) bond motifs is 1. The van der Waals surface area contributed by atoms with E-state index in [4.69, 9.17) is 15.2 Å². The molecule has 5 rings (SSSR count). The summed E-state index contributed by atoms with van der Waals surface area (Å²) < 4.78 is 11.9. The van der Waals surface area contributed by atoms with E-state index >= 15 is 0 Å². The maximum atomic E-state index is 11.4. The predicted octanol–water partition coefficient (Wildman–Crippen LogP) is 3.31. The highest BCUT2D eigenvalue weighted by Gasteiger charge is 2.27. The molecule has 0 radical (unpaired) electrons. The van der Waals surface area contributed by atoms with Crippen molar-refractivity contribution in [2.75, 3.05) is 26.8 Å². The number of aryl methyl sites for hydroxylation is 2. The zero-order valence-corrected chi connectivity index (χ0v) is 18.8. The summed E-state index contributed by atoms with van der Waals surface area (Å²) >= 11 is 0. The van der Waals surface area contributed by atoms with Gasteiger partial charge in [0, 0.05) is 48.7 Å². The van der Waals surface area contributed by atoms with Gasteiger partial charge in [-0.1, -0.05) is 18.2 Å². The number of benzene rings is 2. The average Bonchev–Trinajstić information content (AvgIpc) is 3.31. The first kappa shape index (κ1) is 21.6. The molecule has 2 heterocycles. The number of hydrogen-bond donors (Lipinski definition) is 1. The number of amides is 1. The number of carbonyl (C=O) groups excluding carboxylic acids is 1. The second-order valence-corrected chi connectivity index (χ2v) is 8.61. The van der Waals surface area contributed by atoms with Crippen LogP contribution < -0.4 is 10.5 Å². The molecule has 3 aromatic rings. The van der Waals surface area contributed by atoms with Crippen LogP contribution in [0.25, 0.3) is 11.3 Å². The number of methoxy groups -OCH3 is 1. The molecule has 1 atom stereocenters. The van der Waals surface area contributed by atoms with Gasteiger partial charge in [0.2, 0.25) is 5.91 Å². The van der Waals surface area contributed by atoms with E-state index in [1.54, 1.807) is 31.6 Å². The van der Waals surface area contributed by atoms with Crippen LogP contribution in [0.15, 0.2) is 48.8 Å². The number of morpholine rings is 1. The lowest BCUT2D eigenvalue weighted by Gasteiger charge is -2.33. The van der Waals surface area contributed by atoms with E-state index in [1.165, 1.54) is 23.1 Å². The summed E-state index contributed by atoms with van der Waals surface area (Å²) in [6.07, 6.45) is 6.69. The SMILES string of the molecule is COc1cc2c(cc1CN1CCOC(c3nccnc3-c3ccc(C(N)=O)cc3)C1)CCC2. The number of carbonyl (C=O) groups is 1. The van der Waals surface area contributed by atoms with Crippen LogP contribution in [0.5, 0.6) is 5.75 Å². The van der Waals surface area contributed by atoms with Crippen molar-refractivity contribution in [3.63, 3.8) is 0 Å². The molecule has 1 fully saturated rings. The Morgan fingerprint density at radius 3 is 2.67 bits per heavy atom. The fourth-order valence-corrected chi connectivity index (χ4v) is 4.82. The van der Waals surface area contributed by atoms with Gasteiger partial charge in [-0.3, -0.25) is 19.7 Å². The number of rotatable bonds is 6. The molecule has 0 saturated carbocycles. The van der Waals surface area contributed by atoms with Crippen molar-refractivity contribution in [2.24, 2.45) is 5.73 Å². The number of hydrogen-bond acceptors (Lipinski definition) is 6. The van der Waals surface area contributed by atoms with E-state index in [2.05, 4.69) is 27.0 Å². The van der Waals surface area contributed by atoms with Gasteiger partial charge in [-0.2, -0.15) is 0 Å². The molecule has 0 spiro atoms. The molecule has 1 unspecified atom stereocenters. The molecule has 1 saturated heterocycles. The third-order valence-corrected chi connectivity index (χ3v) is 6.51. The molecule has 2 N–H and O–H groups in total. The Labute approximate surface area is 193 Å². The Kier molecular flexibility index (Phi) is 6.07. The zero-order valence-electron chi connectivity index (χ0n) is 18.8. The van der Waals surface area contributed by atoms with Crippen molar-refractivity contribution >= 4 is 5.91 Å². The minimum Gasteiger partial charge on any atom is -0.496 e. The maximum Gasteiger partial charge on any atom is 0.248 e. The molecule has 170 valence electrons. The predicted molar refractivity (Wildman–Crippen MR) is 125 cm³/mol. The molecular formula is C26H28N4O3. The van der Waals surface area contributed by atoms with Gasteiger partial charge in [0.05, 0.1) is 25.1 Å². The van der Waals surface area contributed by atoms with Crippen molar-refractivity contribution in [3.8, 4) is 17.0 Å². The molecule has 1 amide bonds.